The van der Waals surface area contributed by atoms with Gasteiger partial charge in [-0.2, -0.15) is 8.42 Å². The van der Waals surface area contributed by atoms with E-state index in [2.05, 4.69) is 4.98 Å². The number of nitrogens with zero attached hydrogens (tertiary/aromatic N) is 2. The normalized spacial score (nSPS) is 11.0. The van der Waals surface area contributed by atoms with Crippen LogP contribution in [0, 0.1) is 5.39 Å². The number of rotatable bonds is 2. The highest BCUT2D eigenvalue weighted by Crippen LogP contribution is 2.15. The molecule has 2 aromatic rings. The first-order valence-corrected chi connectivity index (χ1v) is 8.43. The topological polar surface area (TPSA) is 140 Å². The van der Waals surface area contributed by atoms with E-state index in [1.165, 1.54) is 24.3 Å². The van der Waals surface area contributed by atoms with Crippen LogP contribution in [-0.2, 0) is 20.2 Å². The minimum Gasteiger partial charge on any atom is -0.744 e. The molecule has 2 aromatic carbocycles. The lowest BCUT2D eigenvalue weighted by molar-refractivity contribution is 0.463. The summed E-state index contributed by atoms with van der Waals surface area (Å²) >= 11 is 0. The van der Waals surface area contributed by atoms with Crippen LogP contribution in [-0.4, -0.2) is 25.9 Å². The zero-order valence-corrected chi connectivity index (χ0v) is 12.5. The van der Waals surface area contributed by atoms with Crippen LogP contribution in [0.3, 0.4) is 0 Å². The lowest BCUT2D eigenvalue weighted by atomic mass is 10.3. The molecule has 0 unspecified atom stereocenters. The second kappa shape index (κ2) is 7.10. The Bertz CT molecular complexity index is 869. The van der Waals surface area contributed by atoms with Gasteiger partial charge in [0, 0.05) is 12.1 Å². The van der Waals surface area contributed by atoms with Gasteiger partial charge in [-0.15, -0.1) is 0 Å². The summed E-state index contributed by atoms with van der Waals surface area (Å²) in [6, 6.07) is 12.0. The van der Waals surface area contributed by atoms with Crippen molar-refractivity contribution in [3.63, 3.8) is 0 Å². The Morgan fingerprint density at radius 2 is 1.36 bits per heavy atom. The molecule has 10 heteroatoms. The van der Waals surface area contributed by atoms with E-state index in [4.69, 9.17) is 9.95 Å². The van der Waals surface area contributed by atoms with Crippen molar-refractivity contribution in [2.45, 2.75) is 9.79 Å². The van der Waals surface area contributed by atoms with Crippen LogP contribution in [0.4, 0.5) is 5.69 Å². The van der Waals surface area contributed by atoms with Crippen molar-refractivity contribution in [2.24, 2.45) is 0 Å². The van der Waals surface area contributed by atoms with Crippen LogP contribution in [0.5, 0.6) is 0 Å². The third-order valence-corrected chi connectivity index (χ3v) is 4.00. The Labute approximate surface area is 127 Å². The largest absolute Gasteiger partial charge is 0.744 e. The number of hydrogen-bond donors (Lipinski definition) is 1. The van der Waals surface area contributed by atoms with Gasteiger partial charge in [0.1, 0.15) is 10.1 Å². The molecule has 0 aromatic heterocycles. The molecule has 0 amide bonds. The third kappa shape index (κ3) is 5.58. The molecule has 0 spiro atoms. The van der Waals surface area contributed by atoms with Gasteiger partial charge in [-0.3, -0.25) is 4.55 Å². The maximum Gasteiger partial charge on any atom is 0.385 e. The molecule has 0 aliphatic heterocycles. The molecule has 22 heavy (non-hydrogen) atoms. The molecular formula is C12H10N2O6S2. The van der Waals surface area contributed by atoms with Gasteiger partial charge in [0.25, 0.3) is 10.1 Å². The predicted molar refractivity (Wildman–Crippen MR) is 75.4 cm³/mol. The van der Waals surface area contributed by atoms with Gasteiger partial charge in [0.05, 0.1) is 9.79 Å². The zero-order chi connectivity index (χ0) is 16.8. The van der Waals surface area contributed by atoms with E-state index >= 15 is 0 Å². The lowest BCUT2D eigenvalue weighted by Crippen LogP contribution is -1.96. The molecular weight excluding hydrogens is 332 g/mol. The molecule has 0 bridgehead atoms. The van der Waals surface area contributed by atoms with Gasteiger partial charge in [0.15, 0.2) is 4.98 Å². The first-order chi connectivity index (χ1) is 10.1. The predicted octanol–water partition coefficient (Wildman–Crippen LogP) is 2.01. The Morgan fingerprint density at radius 1 is 0.864 bits per heavy atom. The summed E-state index contributed by atoms with van der Waals surface area (Å²) in [4.78, 5) is 2.38. The van der Waals surface area contributed by atoms with E-state index in [0.717, 1.165) is 12.1 Å². The molecule has 0 aliphatic rings. The lowest BCUT2D eigenvalue weighted by Gasteiger charge is -2.03. The maximum absolute atomic E-state index is 10.4. The molecule has 116 valence electrons. The molecule has 0 heterocycles. The van der Waals surface area contributed by atoms with Crippen molar-refractivity contribution in [3.05, 3.63) is 59.6 Å². The first kappa shape index (κ1) is 17.7. The summed E-state index contributed by atoms with van der Waals surface area (Å²) in [6.45, 7) is 0. The van der Waals surface area contributed by atoms with E-state index in [9.17, 15) is 21.4 Å². The Morgan fingerprint density at radius 3 is 1.68 bits per heavy atom. The summed E-state index contributed by atoms with van der Waals surface area (Å²) < 4.78 is 60.4. The van der Waals surface area contributed by atoms with Crippen molar-refractivity contribution < 1.29 is 25.9 Å². The van der Waals surface area contributed by atoms with Crippen LogP contribution in [0.1, 0.15) is 0 Å². The van der Waals surface area contributed by atoms with Gasteiger partial charge < -0.3 is 4.55 Å². The Hall–Kier alpha value is -2.32. The highest BCUT2D eigenvalue weighted by Gasteiger charge is 2.06. The Balaban J connectivity index is 0.000000224. The fourth-order valence-electron chi connectivity index (χ4n) is 1.27. The summed E-state index contributed by atoms with van der Waals surface area (Å²) in [5.41, 5.74) is 0.197. The smallest absolute Gasteiger partial charge is 0.385 e. The van der Waals surface area contributed by atoms with Crippen LogP contribution in [0.2, 0.25) is 0 Å². The standard InChI is InChI=1S/C6H4N2O3S.C6H6O3S/c7-8-5-1-3-6(4-2-5)12(9,10)11;7-10(8,9)6-4-2-1-3-5-6/h1-4H;1-5H,(H,7,8,9). The van der Waals surface area contributed by atoms with Gasteiger partial charge in [-0.25, -0.2) is 8.42 Å². The average molecular weight is 342 g/mol. The third-order valence-electron chi connectivity index (χ3n) is 2.28. The second-order valence-corrected chi connectivity index (χ2v) is 6.64. The van der Waals surface area contributed by atoms with Crippen molar-refractivity contribution in [1.29, 1.82) is 5.39 Å². The SMILES string of the molecule is N#[N+]c1ccc(S(=O)(=O)[O-])cc1.O=S(=O)(O)c1ccccc1. The summed E-state index contributed by atoms with van der Waals surface area (Å²) in [5, 5.41) is 8.23. The molecule has 2 rings (SSSR count). The number of hydrogen-bond acceptors (Lipinski definition) is 6. The van der Waals surface area contributed by atoms with Crippen molar-refractivity contribution in [1.82, 2.24) is 0 Å². The molecule has 0 saturated heterocycles. The van der Waals surface area contributed by atoms with E-state index in [-0.39, 0.29) is 15.5 Å². The summed E-state index contributed by atoms with van der Waals surface area (Å²) in [6.07, 6.45) is 0. The molecule has 0 atom stereocenters. The van der Waals surface area contributed by atoms with Crippen LogP contribution in [0.25, 0.3) is 4.98 Å². The van der Waals surface area contributed by atoms with Crippen LogP contribution >= 0.6 is 0 Å². The highest BCUT2D eigenvalue weighted by atomic mass is 32.2. The zero-order valence-electron chi connectivity index (χ0n) is 10.9. The van der Waals surface area contributed by atoms with Crippen LogP contribution < -0.4 is 0 Å². The van der Waals surface area contributed by atoms with Crippen molar-refractivity contribution in [2.75, 3.05) is 0 Å². The molecule has 0 fully saturated rings. The minimum atomic E-state index is -4.40. The Kier molecular flexibility index (Phi) is 5.72. The highest BCUT2D eigenvalue weighted by molar-refractivity contribution is 7.86. The summed E-state index contributed by atoms with van der Waals surface area (Å²) in [7, 11) is -8.40. The van der Waals surface area contributed by atoms with E-state index < -0.39 is 20.2 Å². The number of benzene rings is 2. The van der Waals surface area contributed by atoms with Gasteiger partial charge in [-0.05, 0) is 24.3 Å². The van der Waals surface area contributed by atoms with Crippen molar-refractivity contribution >= 4 is 25.9 Å². The fraction of sp³-hybridized carbons (Fsp3) is 0. The monoisotopic (exact) mass is 342 g/mol. The molecule has 0 radical (unpaired) electrons. The quantitative estimate of drug-likeness (QED) is 0.650. The summed E-state index contributed by atoms with van der Waals surface area (Å²) in [5.74, 6) is 0. The molecule has 0 aliphatic carbocycles. The molecule has 0 saturated carbocycles. The van der Waals surface area contributed by atoms with E-state index in [0.29, 0.717) is 0 Å². The minimum absolute atomic E-state index is 0.0741. The van der Waals surface area contributed by atoms with Gasteiger partial charge in [0.2, 0.25) is 5.39 Å². The first-order valence-electron chi connectivity index (χ1n) is 5.58. The van der Waals surface area contributed by atoms with Crippen LogP contribution in [0.15, 0.2) is 64.4 Å². The average Bonchev–Trinajstić information content (AvgIpc) is 2.47. The molecule has 1 N–H and O–H groups in total. The van der Waals surface area contributed by atoms with E-state index in [1.54, 1.807) is 18.2 Å². The number of diazo groups is 1. The molecule has 8 nitrogen and oxygen atoms in total. The van der Waals surface area contributed by atoms with Gasteiger partial charge >= 0.3 is 5.69 Å². The van der Waals surface area contributed by atoms with E-state index in [1.807, 2.05) is 0 Å². The fourth-order valence-corrected chi connectivity index (χ4v) is 2.24. The van der Waals surface area contributed by atoms with Gasteiger partial charge in [-0.1, -0.05) is 18.2 Å². The second-order valence-electron chi connectivity index (χ2n) is 3.84. The van der Waals surface area contributed by atoms with Crippen molar-refractivity contribution in [3.8, 4) is 0 Å². The maximum atomic E-state index is 10.4.